The molecule has 0 saturated heterocycles. The van der Waals surface area contributed by atoms with E-state index in [1.54, 1.807) is 0 Å². The first-order valence-electron chi connectivity index (χ1n) is 6.59. The molecule has 0 spiro atoms. The van der Waals surface area contributed by atoms with Crippen LogP contribution in [0.1, 0.15) is 18.2 Å². The van der Waals surface area contributed by atoms with Crippen LogP contribution >= 0.6 is 0 Å². The van der Waals surface area contributed by atoms with Crippen LogP contribution in [0.4, 0.5) is 0 Å². The van der Waals surface area contributed by atoms with Gasteiger partial charge >= 0.3 is 0 Å². The van der Waals surface area contributed by atoms with E-state index in [1.807, 2.05) is 45.2 Å². The number of benzene rings is 1. The van der Waals surface area contributed by atoms with Crippen molar-refractivity contribution in [3.63, 3.8) is 0 Å². The van der Waals surface area contributed by atoms with Crippen LogP contribution in [0, 0.1) is 6.92 Å². The molecule has 3 nitrogen and oxygen atoms in total. The maximum absolute atomic E-state index is 5.66. The molecule has 0 aliphatic rings. The van der Waals surface area contributed by atoms with E-state index < -0.39 is 0 Å². The molecule has 100 valence electrons. The maximum atomic E-state index is 5.66. The number of aryl methyl sites for hydroxylation is 1. The van der Waals surface area contributed by atoms with Crippen LogP contribution in [0.25, 0.3) is 11.3 Å². The minimum atomic E-state index is 0.661. The highest BCUT2D eigenvalue weighted by atomic mass is 16.5. The summed E-state index contributed by atoms with van der Waals surface area (Å²) in [4.78, 5) is 4.68. The predicted molar refractivity (Wildman–Crippen MR) is 78.3 cm³/mol. The van der Waals surface area contributed by atoms with Gasteiger partial charge in [-0.3, -0.25) is 4.98 Å². The van der Waals surface area contributed by atoms with E-state index in [-0.39, 0.29) is 0 Å². The van der Waals surface area contributed by atoms with Gasteiger partial charge in [0.05, 0.1) is 12.3 Å². The maximum Gasteiger partial charge on any atom is 0.128 e. The Kier molecular flexibility index (Phi) is 4.53. The highest BCUT2D eigenvalue weighted by Gasteiger charge is 2.08. The van der Waals surface area contributed by atoms with Gasteiger partial charge in [0.15, 0.2) is 0 Å². The number of hydrogen-bond acceptors (Lipinski definition) is 3. The molecule has 0 saturated carbocycles. The van der Waals surface area contributed by atoms with E-state index in [4.69, 9.17) is 4.74 Å². The van der Waals surface area contributed by atoms with E-state index >= 15 is 0 Å². The van der Waals surface area contributed by atoms with Gasteiger partial charge in [-0.2, -0.15) is 0 Å². The summed E-state index contributed by atoms with van der Waals surface area (Å²) in [5, 5.41) is 3.15. The van der Waals surface area contributed by atoms with Crippen LogP contribution in [0.15, 0.2) is 36.4 Å². The summed E-state index contributed by atoms with van der Waals surface area (Å²) in [5.41, 5.74) is 4.28. The Hall–Kier alpha value is -1.87. The fourth-order valence-corrected chi connectivity index (χ4v) is 2.08. The lowest BCUT2D eigenvalue weighted by molar-refractivity contribution is 0.341. The first kappa shape index (κ1) is 13.6. The lowest BCUT2D eigenvalue weighted by Crippen LogP contribution is -2.07. The van der Waals surface area contributed by atoms with Crippen LogP contribution in [-0.4, -0.2) is 18.6 Å². The van der Waals surface area contributed by atoms with E-state index in [0.29, 0.717) is 6.61 Å². The Morgan fingerprint density at radius 2 is 1.95 bits per heavy atom. The monoisotopic (exact) mass is 256 g/mol. The topological polar surface area (TPSA) is 34.1 Å². The number of para-hydroxylation sites is 1. The van der Waals surface area contributed by atoms with Crippen LogP contribution in [0.3, 0.4) is 0 Å². The molecule has 1 aromatic carbocycles. The molecular weight excluding hydrogens is 236 g/mol. The van der Waals surface area contributed by atoms with Gasteiger partial charge < -0.3 is 10.1 Å². The Morgan fingerprint density at radius 1 is 1.16 bits per heavy atom. The molecule has 0 amide bonds. The first-order valence-corrected chi connectivity index (χ1v) is 6.59. The van der Waals surface area contributed by atoms with Gasteiger partial charge in [-0.1, -0.05) is 18.2 Å². The number of rotatable bonds is 5. The molecule has 19 heavy (non-hydrogen) atoms. The Morgan fingerprint density at radius 3 is 2.63 bits per heavy atom. The molecular formula is C16H20N2O. The average molecular weight is 256 g/mol. The first-order chi connectivity index (χ1) is 9.26. The SMILES string of the molecule is CCOc1ccccc1-c1ccc(CNC)c(C)n1. The standard InChI is InChI=1S/C16H20N2O/c1-4-19-16-8-6-5-7-14(16)15-10-9-13(11-17-3)12(2)18-15/h5-10,17H,4,11H2,1-3H3. The van der Waals surface area contributed by atoms with Crippen molar-refractivity contribution in [1.29, 1.82) is 0 Å². The summed E-state index contributed by atoms with van der Waals surface area (Å²) in [7, 11) is 1.94. The van der Waals surface area contributed by atoms with E-state index in [2.05, 4.69) is 22.4 Å². The Balaban J connectivity index is 2.39. The Labute approximate surface area is 114 Å². The summed E-state index contributed by atoms with van der Waals surface area (Å²) in [5.74, 6) is 0.887. The molecule has 1 heterocycles. The van der Waals surface area contributed by atoms with Crippen LogP contribution in [0.2, 0.25) is 0 Å². The molecule has 0 aliphatic heterocycles. The number of nitrogens with zero attached hydrogens (tertiary/aromatic N) is 1. The summed E-state index contributed by atoms with van der Waals surface area (Å²) < 4.78 is 5.66. The van der Waals surface area contributed by atoms with Crippen molar-refractivity contribution in [2.24, 2.45) is 0 Å². The molecule has 1 aromatic heterocycles. The van der Waals surface area contributed by atoms with Gasteiger partial charge in [-0.15, -0.1) is 0 Å². The number of pyridine rings is 1. The molecule has 2 aromatic rings. The zero-order valence-electron chi connectivity index (χ0n) is 11.7. The van der Waals surface area contributed by atoms with E-state index in [0.717, 1.165) is 29.2 Å². The van der Waals surface area contributed by atoms with Crippen molar-refractivity contribution in [3.8, 4) is 17.0 Å². The smallest absolute Gasteiger partial charge is 0.128 e. The summed E-state index contributed by atoms with van der Waals surface area (Å²) >= 11 is 0. The van der Waals surface area contributed by atoms with Crippen molar-refractivity contribution < 1.29 is 4.74 Å². The van der Waals surface area contributed by atoms with Gasteiger partial charge in [0.25, 0.3) is 0 Å². The lowest BCUT2D eigenvalue weighted by atomic mass is 10.1. The van der Waals surface area contributed by atoms with Crippen molar-refractivity contribution in [2.75, 3.05) is 13.7 Å². The third-order valence-corrected chi connectivity index (χ3v) is 3.03. The minimum Gasteiger partial charge on any atom is -0.493 e. The molecule has 0 radical (unpaired) electrons. The minimum absolute atomic E-state index is 0.661. The lowest BCUT2D eigenvalue weighted by Gasteiger charge is -2.11. The van der Waals surface area contributed by atoms with Gasteiger partial charge in [0.2, 0.25) is 0 Å². The fourth-order valence-electron chi connectivity index (χ4n) is 2.08. The largest absolute Gasteiger partial charge is 0.493 e. The van der Waals surface area contributed by atoms with Crippen molar-refractivity contribution >= 4 is 0 Å². The summed E-state index contributed by atoms with van der Waals surface area (Å²) in [6, 6.07) is 12.2. The normalized spacial score (nSPS) is 10.5. The molecule has 2 rings (SSSR count). The number of hydrogen-bond donors (Lipinski definition) is 1. The zero-order chi connectivity index (χ0) is 13.7. The Bertz CT molecular complexity index is 552. The summed E-state index contributed by atoms with van der Waals surface area (Å²) in [6.45, 7) is 5.53. The molecule has 0 bridgehead atoms. The molecule has 0 atom stereocenters. The highest BCUT2D eigenvalue weighted by molar-refractivity contribution is 5.67. The predicted octanol–water partition coefficient (Wildman–Crippen LogP) is 3.18. The second kappa shape index (κ2) is 6.34. The van der Waals surface area contributed by atoms with E-state index in [9.17, 15) is 0 Å². The third kappa shape index (κ3) is 3.12. The van der Waals surface area contributed by atoms with Crippen LogP contribution in [-0.2, 0) is 6.54 Å². The van der Waals surface area contributed by atoms with Crippen LogP contribution < -0.4 is 10.1 Å². The van der Waals surface area contributed by atoms with Crippen molar-refractivity contribution in [2.45, 2.75) is 20.4 Å². The quantitative estimate of drug-likeness (QED) is 0.892. The van der Waals surface area contributed by atoms with Crippen LogP contribution in [0.5, 0.6) is 5.75 Å². The van der Waals surface area contributed by atoms with Crippen molar-refractivity contribution in [1.82, 2.24) is 10.3 Å². The fraction of sp³-hybridized carbons (Fsp3) is 0.312. The molecule has 0 unspecified atom stereocenters. The second-order valence-electron chi connectivity index (χ2n) is 4.40. The number of aromatic nitrogens is 1. The van der Waals surface area contributed by atoms with Gasteiger partial charge in [-0.05, 0) is 44.7 Å². The second-order valence-corrected chi connectivity index (χ2v) is 4.40. The zero-order valence-corrected chi connectivity index (χ0v) is 11.7. The van der Waals surface area contributed by atoms with Gasteiger partial charge in [-0.25, -0.2) is 0 Å². The number of ether oxygens (including phenoxy) is 1. The summed E-state index contributed by atoms with van der Waals surface area (Å²) in [6.07, 6.45) is 0. The highest BCUT2D eigenvalue weighted by Crippen LogP contribution is 2.29. The number of nitrogens with one attached hydrogen (secondary N) is 1. The molecule has 3 heteroatoms. The molecule has 1 N–H and O–H groups in total. The third-order valence-electron chi connectivity index (χ3n) is 3.03. The van der Waals surface area contributed by atoms with E-state index in [1.165, 1.54) is 5.56 Å². The van der Waals surface area contributed by atoms with Gasteiger partial charge in [0, 0.05) is 17.8 Å². The van der Waals surface area contributed by atoms with Gasteiger partial charge in [0.1, 0.15) is 5.75 Å². The molecule has 0 fully saturated rings. The molecule has 0 aliphatic carbocycles. The van der Waals surface area contributed by atoms with Crippen molar-refractivity contribution in [3.05, 3.63) is 47.7 Å². The average Bonchev–Trinajstić information content (AvgIpc) is 2.42.